The molecule has 2 fully saturated rings. The summed E-state index contributed by atoms with van der Waals surface area (Å²) in [5.74, 6) is 0.817. The van der Waals surface area contributed by atoms with Crippen molar-refractivity contribution < 1.29 is 4.74 Å². The van der Waals surface area contributed by atoms with Gasteiger partial charge in [-0.25, -0.2) is 0 Å². The van der Waals surface area contributed by atoms with Crippen LogP contribution in [0.15, 0.2) is 0 Å². The average molecular weight is 296 g/mol. The molecule has 1 saturated heterocycles. The molecule has 1 N–H and O–H groups in total. The molecular formula is C18H36N2O. The third-order valence-electron chi connectivity index (χ3n) is 5.73. The number of hydrogen-bond donors (Lipinski definition) is 1. The van der Waals surface area contributed by atoms with Crippen molar-refractivity contribution in [2.24, 2.45) is 5.92 Å². The van der Waals surface area contributed by atoms with Crippen LogP contribution in [0.4, 0.5) is 0 Å². The second kappa shape index (κ2) is 8.50. The van der Waals surface area contributed by atoms with Crippen molar-refractivity contribution in [2.75, 3.05) is 32.8 Å². The van der Waals surface area contributed by atoms with Crippen LogP contribution < -0.4 is 5.32 Å². The van der Waals surface area contributed by atoms with E-state index in [1.54, 1.807) is 0 Å². The third kappa shape index (κ3) is 4.20. The van der Waals surface area contributed by atoms with Crippen LogP contribution in [0.2, 0.25) is 0 Å². The summed E-state index contributed by atoms with van der Waals surface area (Å²) in [6, 6.07) is 0.660. The SMILES string of the molecule is CCCNC(CC(C)CC)C1(N2CCOCC2)CCCC1. The van der Waals surface area contributed by atoms with Gasteiger partial charge >= 0.3 is 0 Å². The van der Waals surface area contributed by atoms with Gasteiger partial charge in [-0.2, -0.15) is 0 Å². The number of ether oxygens (including phenoxy) is 1. The Kier molecular flexibility index (Phi) is 6.97. The first-order valence-corrected chi connectivity index (χ1v) is 9.29. The lowest BCUT2D eigenvalue weighted by molar-refractivity contribution is -0.0387. The Morgan fingerprint density at radius 2 is 1.81 bits per heavy atom. The maximum absolute atomic E-state index is 5.61. The Balaban J connectivity index is 2.13. The molecule has 0 aromatic rings. The minimum Gasteiger partial charge on any atom is -0.379 e. The van der Waals surface area contributed by atoms with Gasteiger partial charge in [-0.1, -0.05) is 40.0 Å². The van der Waals surface area contributed by atoms with Gasteiger partial charge in [0, 0.05) is 24.7 Å². The van der Waals surface area contributed by atoms with Crippen LogP contribution in [-0.2, 0) is 4.74 Å². The highest BCUT2D eigenvalue weighted by Crippen LogP contribution is 2.40. The lowest BCUT2D eigenvalue weighted by Gasteiger charge is -2.49. The zero-order valence-corrected chi connectivity index (χ0v) is 14.5. The Labute approximate surface area is 131 Å². The molecule has 3 heteroatoms. The minimum atomic E-state index is 0.405. The molecule has 3 nitrogen and oxygen atoms in total. The predicted molar refractivity (Wildman–Crippen MR) is 89.7 cm³/mol. The molecular weight excluding hydrogens is 260 g/mol. The Morgan fingerprint density at radius 1 is 1.14 bits per heavy atom. The predicted octanol–water partition coefficient (Wildman–Crippen LogP) is 3.44. The Morgan fingerprint density at radius 3 is 2.38 bits per heavy atom. The van der Waals surface area contributed by atoms with Crippen molar-refractivity contribution in [3.63, 3.8) is 0 Å². The number of hydrogen-bond acceptors (Lipinski definition) is 3. The van der Waals surface area contributed by atoms with Crippen molar-refractivity contribution in [1.29, 1.82) is 0 Å². The molecule has 1 aliphatic heterocycles. The van der Waals surface area contributed by atoms with E-state index in [2.05, 4.69) is 31.0 Å². The highest BCUT2D eigenvalue weighted by molar-refractivity contribution is 5.04. The molecule has 0 radical (unpaired) electrons. The second-order valence-electron chi connectivity index (χ2n) is 7.17. The molecule has 1 aliphatic carbocycles. The van der Waals surface area contributed by atoms with Gasteiger partial charge < -0.3 is 10.1 Å². The first kappa shape index (κ1) is 17.2. The molecule has 124 valence electrons. The summed E-state index contributed by atoms with van der Waals surface area (Å²) in [5, 5.41) is 3.93. The number of nitrogens with one attached hydrogen (secondary N) is 1. The van der Waals surface area contributed by atoms with Crippen LogP contribution in [-0.4, -0.2) is 49.3 Å². The number of morpholine rings is 1. The third-order valence-corrected chi connectivity index (χ3v) is 5.73. The van der Waals surface area contributed by atoms with Crippen LogP contribution in [0.25, 0.3) is 0 Å². The second-order valence-corrected chi connectivity index (χ2v) is 7.17. The topological polar surface area (TPSA) is 24.5 Å². The zero-order valence-electron chi connectivity index (χ0n) is 14.5. The molecule has 0 aromatic carbocycles. The highest BCUT2D eigenvalue weighted by Gasteiger charge is 2.46. The van der Waals surface area contributed by atoms with Gasteiger partial charge in [-0.15, -0.1) is 0 Å². The van der Waals surface area contributed by atoms with Gasteiger partial charge in [0.05, 0.1) is 13.2 Å². The molecule has 1 saturated carbocycles. The van der Waals surface area contributed by atoms with E-state index in [1.165, 1.54) is 44.9 Å². The number of nitrogens with zero attached hydrogens (tertiary/aromatic N) is 1. The lowest BCUT2D eigenvalue weighted by Crippen LogP contribution is -2.62. The fraction of sp³-hybridized carbons (Fsp3) is 1.00. The standard InChI is InChI=1S/C18H36N2O/c1-4-10-19-17(15-16(3)5-2)18(8-6-7-9-18)20-11-13-21-14-12-20/h16-17,19H,4-15H2,1-3H3. The summed E-state index contributed by atoms with van der Waals surface area (Å²) in [5.41, 5.74) is 0.405. The van der Waals surface area contributed by atoms with Gasteiger partial charge in [-0.05, 0) is 38.1 Å². The molecule has 0 aromatic heterocycles. The zero-order chi connectivity index (χ0) is 15.1. The van der Waals surface area contributed by atoms with Crippen molar-refractivity contribution >= 4 is 0 Å². The smallest absolute Gasteiger partial charge is 0.0594 e. The first-order valence-electron chi connectivity index (χ1n) is 9.29. The maximum Gasteiger partial charge on any atom is 0.0594 e. The van der Waals surface area contributed by atoms with Crippen molar-refractivity contribution in [3.05, 3.63) is 0 Å². The summed E-state index contributed by atoms with van der Waals surface area (Å²) < 4.78 is 5.61. The van der Waals surface area contributed by atoms with Crippen molar-refractivity contribution in [2.45, 2.75) is 77.3 Å². The Hall–Kier alpha value is -0.120. The molecule has 21 heavy (non-hydrogen) atoms. The van der Waals surface area contributed by atoms with E-state index in [1.807, 2.05) is 0 Å². The summed E-state index contributed by atoms with van der Waals surface area (Å²) in [4.78, 5) is 2.78. The molecule has 2 aliphatic rings. The van der Waals surface area contributed by atoms with E-state index in [0.29, 0.717) is 11.6 Å². The average Bonchev–Trinajstić information content (AvgIpc) is 3.02. The van der Waals surface area contributed by atoms with Gasteiger partial charge in [0.1, 0.15) is 0 Å². The number of rotatable bonds is 8. The summed E-state index contributed by atoms with van der Waals surface area (Å²) >= 11 is 0. The minimum absolute atomic E-state index is 0.405. The van der Waals surface area contributed by atoms with E-state index >= 15 is 0 Å². The Bertz CT molecular complexity index is 283. The van der Waals surface area contributed by atoms with Gasteiger partial charge in [0.15, 0.2) is 0 Å². The van der Waals surface area contributed by atoms with Gasteiger partial charge in [0.2, 0.25) is 0 Å². The molecule has 1 heterocycles. The molecule has 2 unspecified atom stereocenters. The van der Waals surface area contributed by atoms with Crippen LogP contribution in [0.5, 0.6) is 0 Å². The van der Waals surface area contributed by atoms with E-state index in [9.17, 15) is 0 Å². The van der Waals surface area contributed by atoms with Crippen molar-refractivity contribution in [1.82, 2.24) is 10.2 Å². The molecule has 2 rings (SSSR count). The van der Waals surface area contributed by atoms with Crippen LogP contribution in [0, 0.1) is 5.92 Å². The molecule has 0 amide bonds. The lowest BCUT2D eigenvalue weighted by atomic mass is 9.80. The molecule has 2 atom stereocenters. The monoisotopic (exact) mass is 296 g/mol. The molecule has 0 spiro atoms. The van der Waals surface area contributed by atoms with E-state index in [0.717, 1.165) is 38.8 Å². The van der Waals surface area contributed by atoms with Crippen molar-refractivity contribution in [3.8, 4) is 0 Å². The van der Waals surface area contributed by atoms with Gasteiger partial charge in [0.25, 0.3) is 0 Å². The fourth-order valence-electron chi connectivity index (χ4n) is 4.26. The summed E-state index contributed by atoms with van der Waals surface area (Å²) in [7, 11) is 0. The highest BCUT2D eigenvalue weighted by atomic mass is 16.5. The summed E-state index contributed by atoms with van der Waals surface area (Å²) in [6.45, 7) is 12.3. The van der Waals surface area contributed by atoms with E-state index in [4.69, 9.17) is 4.74 Å². The van der Waals surface area contributed by atoms with Gasteiger partial charge in [-0.3, -0.25) is 4.90 Å². The first-order chi connectivity index (χ1) is 10.2. The van der Waals surface area contributed by atoms with Crippen LogP contribution >= 0.6 is 0 Å². The molecule has 0 bridgehead atoms. The maximum atomic E-state index is 5.61. The van der Waals surface area contributed by atoms with Crippen LogP contribution in [0.3, 0.4) is 0 Å². The fourth-order valence-corrected chi connectivity index (χ4v) is 4.26. The van der Waals surface area contributed by atoms with E-state index < -0.39 is 0 Å². The largest absolute Gasteiger partial charge is 0.379 e. The summed E-state index contributed by atoms with van der Waals surface area (Å²) in [6.07, 6.45) is 9.42. The quantitative estimate of drug-likeness (QED) is 0.742. The van der Waals surface area contributed by atoms with Crippen LogP contribution in [0.1, 0.15) is 65.7 Å². The normalized spacial score (nSPS) is 25.9. The van der Waals surface area contributed by atoms with E-state index in [-0.39, 0.29) is 0 Å².